The Morgan fingerprint density at radius 3 is 2.36 bits per heavy atom. The highest BCUT2D eigenvalue weighted by molar-refractivity contribution is 9.10. The minimum Gasteiger partial charge on any atom is -0.493 e. The van der Waals surface area contributed by atoms with Crippen molar-refractivity contribution in [2.24, 2.45) is 5.10 Å². The van der Waals surface area contributed by atoms with E-state index < -0.39 is 11.8 Å². The summed E-state index contributed by atoms with van der Waals surface area (Å²) in [5.74, 6) is -0.853. The fourth-order valence-electron chi connectivity index (χ4n) is 3.14. The van der Waals surface area contributed by atoms with E-state index in [9.17, 15) is 14.4 Å². The molecule has 0 radical (unpaired) electrons. The molecule has 0 saturated heterocycles. The van der Waals surface area contributed by atoms with Crippen LogP contribution >= 0.6 is 15.9 Å². The Morgan fingerprint density at radius 1 is 0.923 bits per heavy atom. The number of halogens is 1. The lowest BCUT2D eigenvalue weighted by Gasteiger charge is -2.12. The second kappa shape index (κ2) is 14.3. The van der Waals surface area contributed by atoms with E-state index >= 15 is 0 Å². The van der Waals surface area contributed by atoms with E-state index in [1.165, 1.54) is 13.3 Å². The Balaban J connectivity index is 1.50. The molecule has 3 N–H and O–H groups in total. The van der Waals surface area contributed by atoms with Gasteiger partial charge in [0, 0.05) is 15.8 Å². The maximum absolute atomic E-state index is 12.3. The van der Waals surface area contributed by atoms with Crippen LogP contribution in [0.15, 0.2) is 82.9 Å². The molecule has 0 bridgehead atoms. The van der Waals surface area contributed by atoms with Crippen molar-refractivity contribution in [1.82, 2.24) is 5.43 Å². The van der Waals surface area contributed by atoms with Crippen LogP contribution in [0.1, 0.15) is 11.1 Å². The van der Waals surface area contributed by atoms with Gasteiger partial charge in [-0.15, -0.1) is 0 Å². The summed E-state index contributed by atoms with van der Waals surface area (Å²) in [6.07, 6.45) is 2.96. The van der Waals surface area contributed by atoms with Gasteiger partial charge in [-0.2, -0.15) is 5.10 Å². The van der Waals surface area contributed by atoms with Crippen molar-refractivity contribution in [2.75, 3.05) is 31.0 Å². The molecule has 0 aliphatic carbocycles. The highest BCUT2D eigenvalue weighted by Crippen LogP contribution is 2.27. The Labute approximate surface area is 234 Å². The summed E-state index contributed by atoms with van der Waals surface area (Å²) in [5, 5.41) is 9.06. The first-order chi connectivity index (χ1) is 18.8. The Hall–Kier alpha value is -4.64. The van der Waals surface area contributed by atoms with Crippen LogP contribution in [-0.2, 0) is 14.4 Å². The molecule has 0 saturated carbocycles. The van der Waals surface area contributed by atoms with Crippen molar-refractivity contribution in [2.45, 2.75) is 6.92 Å². The third kappa shape index (κ3) is 9.00. The molecule has 3 aromatic rings. The number of anilines is 2. The average molecular weight is 595 g/mol. The number of carbonyl (C=O) groups excluding carboxylic acids is 3. The Morgan fingerprint density at radius 2 is 1.67 bits per heavy atom. The topological polar surface area (TPSA) is 127 Å². The summed E-state index contributed by atoms with van der Waals surface area (Å²) >= 11 is 3.42. The lowest BCUT2D eigenvalue weighted by atomic mass is 10.2. The van der Waals surface area contributed by atoms with Gasteiger partial charge in [-0.1, -0.05) is 28.6 Å². The summed E-state index contributed by atoms with van der Waals surface area (Å²) in [5.41, 5.74) is 4.80. The predicted molar refractivity (Wildman–Crippen MR) is 152 cm³/mol. The van der Waals surface area contributed by atoms with Crippen molar-refractivity contribution >= 4 is 51.2 Å². The minimum atomic E-state index is -0.947. The lowest BCUT2D eigenvalue weighted by molar-refractivity contribution is -0.136. The van der Waals surface area contributed by atoms with Gasteiger partial charge in [-0.05, 0) is 78.7 Å². The number of amides is 3. The van der Waals surface area contributed by atoms with Gasteiger partial charge in [0.25, 0.3) is 5.91 Å². The first kappa shape index (κ1) is 28.9. The number of rotatable bonds is 11. The van der Waals surface area contributed by atoms with Gasteiger partial charge < -0.3 is 24.8 Å². The van der Waals surface area contributed by atoms with E-state index in [-0.39, 0.29) is 12.5 Å². The minimum absolute atomic E-state index is 0.228. The zero-order valence-electron chi connectivity index (χ0n) is 21.3. The molecule has 0 spiro atoms. The third-order valence-electron chi connectivity index (χ3n) is 5.05. The quantitative estimate of drug-likeness (QED) is 0.130. The molecular formula is C28H27BrN4O6. The van der Waals surface area contributed by atoms with Crippen LogP contribution in [0, 0.1) is 6.92 Å². The van der Waals surface area contributed by atoms with Gasteiger partial charge >= 0.3 is 11.8 Å². The van der Waals surface area contributed by atoms with Gasteiger partial charge in [0.2, 0.25) is 0 Å². The Kier molecular flexibility index (Phi) is 10.6. The molecule has 0 heterocycles. The van der Waals surface area contributed by atoms with Gasteiger partial charge in [0.1, 0.15) is 12.4 Å². The molecule has 11 heteroatoms. The first-order valence-electron chi connectivity index (χ1n) is 11.6. The van der Waals surface area contributed by atoms with Crippen LogP contribution in [0.2, 0.25) is 0 Å². The molecule has 0 aliphatic heterocycles. The molecule has 10 nitrogen and oxygen atoms in total. The molecule has 3 amide bonds. The largest absolute Gasteiger partial charge is 0.493 e. The average Bonchev–Trinajstić information content (AvgIpc) is 2.93. The maximum atomic E-state index is 12.3. The smallest absolute Gasteiger partial charge is 0.329 e. The lowest BCUT2D eigenvalue weighted by Crippen LogP contribution is -2.32. The number of carbonyl (C=O) groups is 3. The molecule has 3 aromatic carbocycles. The van der Waals surface area contributed by atoms with Crippen LogP contribution in [-0.4, -0.2) is 44.3 Å². The number of hydrogen-bond donors (Lipinski definition) is 3. The van der Waals surface area contributed by atoms with Crippen molar-refractivity contribution in [1.29, 1.82) is 0 Å². The van der Waals surface area contributed by atoms with E-state index in [2.05, 4.69) is 43.7 Å². The fraction of sp³-hybridized carbons (Fsp3) is 0.143. The van der Waals surface area contributed by atoms with E-state index in [0.717, 1.165) is 10.0 Å². The van der Waals surface area contributed by atoms with Gasteiger partial charge in [-0.3, -0.25) is 14.4 Å². The number of nitrogens with zero attached hydrogens (tertiary/aromatic N) is 1. The molecular weight excluding hydrogens is 568 g/mol. The summed E-state index contributed by atoms with van der Waals surface area (Å²) in [7, 11) is 1.46. The van der Waals surface area contributed by atoms with Crippen molar-refractivity contribution in [3.63, 3.8) is 0 Å². The van der Waals surface area contributed by atoms with Crippen LogP contribution in [0.4, 0.5) is 11.4 Å². The van der Waals surface area contributed by atoms with E-state index in [0.29, 0.717) is 40.8 Å². The number of hydrazone groups is 1. The molecule has 39 heavy (non-hydrogen) atoms. The number of benzene rings is 3. The molecule has 3 rings (SSSR count). The normalized spacial score (nSPS) is 10.4. The molecule has 0 aliphatic rings. The second-order valence-electron chi connectivity index (χ2n) is 7.99. The number of hydrogen-bond acceptors (Lipinski definition) is 7. The van der Waals surface area contributed by atoms with Crippen LogP contribution in [0.5, 0.6) is 17.2 Å². The van der Waals surface area contributed by atoms with Crippen molar-refractivity contribution < 1.29 is 28.6 Å². The monoisotopic (exact) mass is 594 g/mol. The van der Waals surface area contributed by atoms with Gasteiger partial charge in [-0.25, -0.2) is 5.43 Å². The maximum Gasteiger partial charge on any atom is 0.329 e. The fourth-order valence-corrected chi connectivity index (χ4v) is 3.39. The third-order valence-corrected chi connectivity index (χ3v) is 5.94. The van der Waals surface area contributed by atoms with Gasteiger partial charge in [0.05, 0.1) is 13.3 Å². The summed E-state index contributed by atoms with van der Waals surface area (Å²) in [6, 6.07) is 16.9. The number of aryl methyl sites for hydroxylation is 1. The highest BCUT2D eigenvalue weighted by atomic mass is 79.9. The van der Waals surface area contributed by atoms with Crippen LogP contribution < -0.4 is 30.3 Å². The van der Waals surface area contributed by atoms with Crippen LogP contribution in [0.3, 0.4) is 0 Å². The van der Waals surface area contributed by atoms with Crippen molar-refractivity contribution in [3.8, 4) is 17.2 Å². The van der Waals surface area contributed by atoms with Crippen molar-refractivity contribution in [3.05, 3.63) is 88.9 Å². The van der Waals surface area contributed by atoms with E-state index in [4.69, 9.17) is 14.2 Å². The SMILES string of the molecule is C=CCOc1ccc(NC(=O)C(=O)N/N=C\c2ccc(OCC(=O)Nc3ccc(Br)c(C)c3)c(OC)c2)cc1. The number of ether oxygens (including phenoxy) is 3. The Bertz CT molecular complexity index is 1370. The first-order valence-corrected chi connectivity index (χ1v) is 12.4. The second-order valence-corrected chi connectivity index (χ2v) is 8.84. The predicted octanol–water partition coefficient (Wildman–Crippen LogP) is 4.44. The van der Waals surface area contributed by atoms with Crippen LogP contribution in [0.25, 0.3) is 0 Å². The summed E-state index contributed by atoms with van der Waals surface area (Å²) in [6.45, 7) is 5.63. The van der Waals surface area contributed by atoms with Gasteiger partial charge in [0.15, 0.2) is 18.1 Å². The number of nitrogens with one attached hydrogen (secondary N) is 3. The molecule has 0 unspecified atom stereocenters. The molecule has 0 fully saturated rings. The van der Waals surface area contributed by atoms with E-state index in [1.54, 1.807) is 54.6 Å². The molecule has 202 valence electrons. The standard InChI is InChI=1S/C28H27BrN4O6/c1-4-13-38-22-9-6-20(7-10-22)32-27(35)28(36)33-30-16-19-5-12-24(25(15-19)37-3)39-17-26(34)31-21-8-11-23(29)18(2)14-21/h4-12,14-16H,1,13,17H2,2-3H3,(H,31,34)(H,32,35)(H,33,36)/b30-16-. The zero-order valence-corrected chi connectivity index (χ0v) is 22.9. The summed E-state index contributed by atoms with van der Waals surface area (Å²) < 4.78 is 17.3. The summed E-state index contributed by atoms with van der Waals surface area (Å²) in [4.78, 5) is 36.5. The van der Waals surface area contributed by atoms with E-state index in [1.807, 2.05) is 19.1 Å². The number of methoxy groups -OCH3 is 1. The highest BCUT2D eigenvalue weighted by Gasteiger charge is 2.13. The molecule has 0 aromatic heterocycles. The molecule has 0 atom stereocenters. The zero-order chi connectivity index (χ0) is 28.2.